The number of rotatable bonds is 3. The van der Waals surface area contributed by atoms with E-state index in [9.17, 15) is 9.18 Å². The van der Waals surface area contributed by atoms with Crippen molar-refractivity contribution in [1.29, 1.82) is 0 Å². The number of hydrogen-bond donors (Lipinski definition) is 1. The van der Waals surface area contributed by atoms with Gasteiger partial charge in [-0.05, 0) is 18.9 Å². The third-order valence-corrected chi connectivity index (χ3v) is 3.23. The molecule has 0 spiro atoms. The smallest absolute Gasteiger partial charge is 0.236 e. The van der Waals surface area contributed by atoms with Crippen LogP contribution in [0.3, 0.4) is 0 Å². The van der Waals surface area contributed by atoms with Gasteiger partial charge in [0.2, 0.25) is 5.91 Å². The topological polar surface area (TPSA) is 53.4 Å². The summed E-state index contributed by atoms with van der Waals surface area (Å²) in [6.45, 7) is -0.217. The molecule has 17 heavy (non-hydrogen) atoms. The third-order valence-electron chi connectivity index (χ3n) is 3.02. The normalized spacial score (nSPS) is 16.7. The van der Waals surface area contributed by atoms with Gasteiger partial charge in [0, 0.05) is 13.2 Å². The standard InChI is InChI=1S/C11H12ClFN2O2/c1-15(10(17)11(6-16)2-3-11)9-8(13)4-7(12)5-14-9/h4-5,16H,2-3,6H2,1H3. The molecule has 1 saturated carbocycles. The quantitative estimate of drug-likeness (QED) is 0.896. The largest absolute Gasteiger partial charge is 0.395 e. The van der Waals surface area contributed by atoms with Crippen LogP contribution < -0.4 is 4.90 Å². The van der Waals surface area contributed by atoms with Crippen LogP contribution in [0, 0.1) is 11.2 Å². The summed E-state index contributed by atoms with van der Waals surface area (Å²) in [5.41, 5.74) is -0.734. The molecule has 1 amide bonds. The minimum atomic E-state index is -0.734. The van der Waals surface area contributed by atoms with E-state index in [1.54, 1.807) is 0 Å². The molecule has 1 N–H and O–H groups in total. The minimum Gasteiger partial charge on any atom is -0.395 e. The van der Waals surface area contributed by atoms with Gasteiger partial charge in [-0.25, -0.2) is 9.37 Å². The van der Waals surface area contributed by atoms with E-state index in [2.05, 4.69) is 4.98 Å². The summed E-state index contributed by atoms with van der Waals surface area (Å²) in [6.07, 6.45) is 2.53. The number of pyridine rings is 1. The highest BCUT2D eigenvalue weighted by Gasteiger charge is 2.51. The molecule has 0 aromatic carbocycles. The fraction of sp³-hybridized carbons (Fsp3) is 0.455. The van der Waals surface area contributed by atoms with Gasteiger partial charge in [0.05, 0.1) is 17.0 Å². The summed E-state index contributed by atoms with van der Waals surface area (Å²) in [6, 6.07) is 1.10. The SMILES string of the molecule is CN(C(=O)C1(CO)CC1)c1ncc(Cl)cc1F. The van der Waals surface area contributed by atoms with Gasteiger partial charge in [0.25, 0.3) is 0 Å². The number of aliphatic hydroxyl groups excluding tert-OH is 1. The molecule has 1 aromatic rings. The summed E-state index contributed by atoms with van der Waals surface area (Å²) in [5.74, 6) is -1.03. The fourth-order valence-electron chi connectivity index (χ4n) is 1.70. The van der Waals surface area contributed by atoms with Crippen LogP contribution in [0.1, 0.15) is 12.8 Å². The van der Waals surface area contributed by atoms with Crippen LogP contribution in [-0.2, 0) is 4.79 Å². The maximum Gasteiger partial charge on any atom is 0.236 e. The zero-order valence-electron chi connectivity index (χ0n) is 9.28. The van der Waals surface area contributed by atoms with Crippen LogP contribution in [0.2, 0.25) is 5.02 Å². The number of nitrogens with zero attached hydrogens (tertiary/aromatic N) is 2. The Labute approximate surface area is 103 Å². The Morgan fingerprint density at radius 3 is 2.82 bits per heavy atom. The Morgan fingerprint density at radius 2 is 2.35 bits per heavy atom. The number of amides is 1. The van der Waals surface area contributed by atoms with Gasteiger partial charge < -0.3 is 5.11 Å². The maximum atomic E-state index is 13.6. The van der Waals surface area contributed by atoms with Crippen molar-refractivity contribution in [1.82, 2.24) is 4.98 Å². The molecule has 4 nitrogen and oxygen atoms in total. The lowest BCUT2D eigenvalue weighted by Crippen LogP contribution is -2.37. The number of hydrogen-bond acceptors (Lipinski definition) is 3. The lowest BCUT2D eigenvalue weighted by Gasteiger charge is -2.21. The van der Waals surface area contributed by atoms with Crippen molar-refractivity contribution in [2.75, 3.05) is 18.6 Å². The predicted molar refractivity (Wildman–Crippen MR) is 61.4 cm³/mol. The Balaban J connectivity index is 2.25. The van der Waals surface area contributed by atoms with Crippen LogP contribution >= 0.6 is 11.6 Å². The average Bonchev–Trinajstić information content (AvgIpc) is 3.08. The molecule has 1 aliphatic carbocycles. The van der Waals surface area contributed by atoms with Gasteiger partial charge in [-0.15, -0.1) is 0 Å². The second-order valence-corrected chi connectivity index (χ2v) is 4.70. The number of anilines is 1. The van der Waals surface area contributed by atoms with Gasteiger partial charge in [0.1, 0.15) is 0 Å². The van der Waals surface area contributed by atoms with Crippen LogP contribution in [0.5, 0.6) is 0 Å². The van der Waals surface area contributed by atoms with E-state index in [1.165, 1.54) is 13.2 Å². The van der Waals surface area contributed by atoms with E-state index >= 15 is 0 Å². The second-order valence-electron chi connectivity index (χ2n) is 4.26. The van der Waals surface area contributed by atoms with E-state index in [4.69, 9.17) is 16.7 Å². The summed E-state index contributed by atoms with van der Waals surface area (Å²) in [5, 5.41) is 9.33. The number of carbonyl (C=O) groups excluding carboxylic acids is 1. The molecule has 0 atom stereocenters. The van der Waals surface area contributed by atoms with Crippen molar-refractivity contribution in [2.24, 2.45) is 5.41 Å². The first-order chi connectivity index (χ1) is 8.00. The second kappa shape index (κ2) is 4.23. The van der Waals surface area contributed by atoms with Gasteiger partial charge in [0.15, 0.2) is 11.6 Å². The Kier molecular flexibility index (Phi) is 3.05. The van der Waals surface area contributed by atoms with Crippen LogP contribution in [0.4, 0.5) is 10.2 Å². The van der Waals surface area contributed by atoms with E-state index in [1.807, 2.05) is 0 Å². The monoisotopic (exact) mass is 258 g/mol. The van der Waals surface area contributed by atoms with Crippen molar-refractivity contribution in [3.8, 4) is 0 Å². The van der Waals surface area contributed by atoms with E-state index in [0.29, 0.717) is 12.8 Å². The highest BCUT2D eigenvalue weighted by atomic mass is 35.5. The van der Waals surface area contributed by atoms with Crippen LogP contribution in [-0.4, -0.2) is 29.7 Å². The van der Waals surface area contributed by atoms with Gasteiger partial charge in [-0.3, -0.25) is 9.69 Å². The molecule has 0 radical (unpaired) electrons. The van der Waals surface area contributed by atoms with E-state index < -0.39 is 11.2 Å². The molecule has 1 fully saturated rings. The molecular formula is C11H12ClFN2O2. The molecular weight excluding hydrogens is 247 g/mol. The Hall–Kier alpha value is -1.20. The van der Waals surface area contributed by atoms with Crippen molar-refractivity contribution in [3.05, 3.63) is 23.1 Å². The lowest BCUT2D eigenvalue weighted by atomic mass is 10.1. The van der Waals surface area contributed by atoms with Crippen molar-refractivity contribution < 1.29 is 14.3 Å². The summed E-state index contributed by atoms with van der Waals surface area (Å²) in [4.78, 5) is 16.9. The highest BCUT2D eigenvalue weighted by molar-refractivity contribution is 6.30. The van der Waals surface area contributed by atoms with E-state index in [0.717, 1.165) is 11.0 Å². The number of aliphatic hydroxyl groups is 1. The number of aromatic nitrogens is 1. The molecule has 92 valence electrons. The molecule has 1 aromatic heterocycles. The van der Waals surface area contributed by atoms with Crippen molar-refractivity contribution in [2.45, 2.75) is 12.8 Å². The lowest BCUT2D eigenvalue weighted by molar-refractivity contribution is -0.124. The molecule has 2 rings (SSSR count). The summed E-state index contributed by atoms with van der Waals surface area (Å²) < 4.78 is 13.6. The van der Waals surface area contributed by atoms with Crippen molar-refractivity contribution >= 4 is 23.3 Å². The molecule has 0 unspecified atom stereocenters. The third kappa shape index (κ3) is 2.12. The average molecular weight is 259 g/mol. The molecule has 1 heterocycles. The maximum absolute atomic E-state index is 13.6. The molecule has 1 aliphatic rings. The first-order valence-electron chi connectivity index (χ1n) is 5.20. The Bertz CT molecular complexity index is 463. The molecule has 6 heteroatoms. The minimum absolute atomic E-state index is 0.0703. The van der Waals surface area contributed by atoms with Gasteiger partial charge in [-0.2, -0.15) is 0 Å². The van der Waals surface area contributed by atoms with Crippen LogP contribution in [0.25, 0.3) is 0 Å². The van der Waals surface area contributed by atoms with E-state index in [-0.39, 0.29) is 23.4 Å². The van der Waals surface area contributed by atoms with Gasteiger partial charge >= 0.3 is 0 Å². The number of carbonyl (C=O) groups is 1. The van der Waals surface area contributed by atoms with Crippen molar-refractivity contribution in [3.63, 3.8) is 0 Å². The molecule has 0 aliphatic heterocycles. The van der Waals surface area contributed by atoms with Gasteiger partial charge in [-0.1, -0.05) is 11.6 Å². The van der Waals surface area contributed by atoms with Crippen LogP contribution in [0.15, 0.2) is 12.3 Å². The first-order valence-corrected chi connectivity index (χ1v) is 5.58. The zero-order valence-corrected chi connectivity index (χ0v) is 10.0. The Morgan fingerprint density at radius 1 is 1.71 bits per heavy atom. The zero-order chi connectivity index (χ0) is 12.6. The molecule has 0 bridgehead atoms. The highest BCUT2D eigenvalue weighted by Crippen LogP contribution is 2.47. The predicted octanol–water partition coefficient (Wildman–Crippen LogP) is 1.61. The molecule has 0 saturated heterocycles. The summed E-state index contributed by atoms with van der Waals surface area (Å²) >= 11 is 5.58. The fourth-order valence-corrected chi connectivity index (χ4v) is 1.84. The summed E-state index contributed by atoms with van der Waals surface area (Å²) in [7, 11) is 1.44. The first kappa shape index (κ1) is 12.3. The number of halogens is 2.